The van der Waals surface area contributed by atoms with Gasteiger partial charge >= 0.3 is 0 Å². The molecule has 22 heavy (non-hydrogen) atoms. The Labute approximate surface area is 134 Å². The molecule has 3 unspecified atom stereocenters. The van der Waals surface area contributed by atoms with Crippen LogP contribution >= 0.6 is 0 Å². The van der Waals surface area contributed by atoms with E-state index in [9.17, 15) is 4.79 Å². The van der Waals surface area contributed by atoms with Gasteiger partial charge in [-0.2, -0.15) is 0 Å². The van der Waals surface area contributed by atoms with Crippen molar-refractivity contribution in [3.05, 3.63) is 0 Å². The molecule has 1 aliphatic carbocycles. The van der Waals surface area contributed by atoms with Crippen LogP contribution in [0, 0.1) is 5.92 Å². The summed E-state index contributed by atoms with van der Waals surface area (Å²) in [5.74, 6) is 0.490. The van der Waals surface area contributed by atoms with Crippen molar-refractivity contribution in [2.75, 3.05) is 40.9 Å². The molecule has 2 heterocycles. The summed E-state index contributed by atoms with van der Waals surface area (Å²) in [5, 5.41) is 3.33. The lowest BCUT2D eigenvalue weighted by atomic mass is 9.88. The number of ether oxygens (including phenoxy) is 1. The van der Waals surface area contributed by atoms with Gasteiger partial charge in [0.15, 0.2) is 0 Å². The van der Waals surface area contributed by atoms with Crippen molar-refractivity contribution in [3.8, 4) is 0 Å². The summed E-state index contributed by atoms with van der Waals surface area (Å²) in [6.07, 6.45) is 6.53. The molecule has 2 aliphatic heterocycles. The van der Waals surface area contributed by atoms with Gasteiger partial charge in [-0.1, -0.05) is 0 Å². The summed E-state index contributed by atoms with van der Waals surface area (Å²) in [4.78, 5) is 17.4. The minimum atomic E-state index is 0.209. The zero-order valence-electron chi connectivity index (χ0n) is 14.3. The van der Waals surface area contributed by atoms with Crippen LogP contribution in [-0.2, 0) is 9.53 Å². The Morgan fingerprint density at radius 2 is 2.09 bits per heavy atom. The zero-order valence-corrected chi connectivity index (χ0v) is 14.3. The molecule has 5 heteroatoms. The van der Waals surface area contributed by atoms with Gasteiger partial charge in [-0.25, -0.2) is 0 Å². The van der Waals surface area contributed by atoms with Gasteiger partial charge in [0, 0.05) is 30.1 Å². The van der Waals surface area contributed by atoms with Gasteiger partial charge in [0.1, 0.15) is 0 Å². The van der Waals surface area contributed by atoms with Crippen LogP contribution in [0.25, 0.3) is 0 Å². The van der Waals surface area contributed by atoms with Crippen LogP contribution < -0.4 is 5.32 Å². The number of nitrogens with zero attached hydrogens (tertiary/aromatic N) is 2. The number of carbonyl (C=O) groups excluding carboxylic acids is 1. The van der Waals surface area contributed by atoms with Crippen molar-refractivity contribution in [1.82, 2.24) is 15.1 Å². The SMILES string of the molecule is CN(C)C1COCCC(NC(=O)C2CCN(C)C3(CC3)C2)C1. The number of piperidine rings is 1. The van der Waals surface area contributed by atoms with E-state index in [1.165, 1.54) is 12.8 Å². The highest BCUT2D eigenvalue weighted by Gasteiger charge is 2.51. The lowest BCUT2D eigenvalue weighted by molar-refractivity contribution is -0.128. The first-order valence-corrected chi connectivity index (χ1v) is 8.76. The number of likely N-dealkylation sites (tertiary alicyclic amines) is 1. The van der Waals surface area contributed by atoms with Crippen LogP contribution in [-0.4, -0.2) is 74.2 Å². The standard InChI is InChI=1S/C17H31N3O2/c1-19(2)15-10-14(5-9-22-12-15)18-16(21)13-4-8-20(3)17(11-13)6-7-17/h13-15H,4-12H2,1-3H3,(H,18,21). The lowest BCUT2D eigenvalue weighted by Gasteiger charge is -2.37. The Morgan fingerprint density at radius 1 is 1.32 bits per heavy atom. The monoisotopic (exact) mass is 309 g/mol. The molecule has 1 N–H and O–H groups in total. The van der Waals surface area contributed by atoms with Gasteiger partial charge in [0.2, 0.25) is 5.91 Å². The van der Waals surface area contributed by atoms with Gasteiger partial charge in [0.25, 0.3) is 0 Å². The summed E-state index contributed by atoms with van der Waals surface area (Å²) >= 11 is 0. The number of nitrogens with one attached hydrogen (secondary N) is 1. The molecule has 0 aromatic carbocycles. The summed E-state index contributed by atoms with van der Waals surface area (Å²) < 4.78 is 5.68. The van der Waals surface area contributed by atoms with Gasteiger partial charge in [-0.05, 0) is 66.2 Å². The normalized spacial score (nSPS) is 35.4. The van der Waals surface area contributed by atoms with E-state index in [1.807, 2.05) is 0 Å². The highest BCUT2D eigenvalue weighted by molar-refractivity contribution is 5.79. The number of hydrogen-bond acceptors (Lipinski definition) is 4. The molecular formula is C17H31N3O2. The predicted octanol–water partition coefficient (Wildman–Crippen LogP) is 1.09. The van der Waals surface area contributed by atoms with Gasteiger partial charge in [-0.3, -0.25) is 4.79 Å². The first-order chi connectivity index (χ1) is 10.5. The van der Waals surface area contributed by atoms with Gasteiger partial charge in [0.05, 0.1) is 6.61 Å². The Morgan fingerprint density at radius 3 is 2.77 bits per heavy atom. The molecule has 2 saturated heterocycles. The van der Waals surface area contributed by atoms with Gasteiger partial charge < -0.3 is 19.9 Å². The van der Waals surface area contributed by atoms with Crippen LogP contribution in [0.2, 0.25) is 0 Å². The van der Waals surface area contributed by atoms with E-state index in [2.05, 4.69) is 36.3 Å². The second kappa shape index (κ2) is 6.46. The van der Waals surface area contributed by atoms with Crippen LogP contribution in [0.3, 0.4) is 0 Å². The molecule has 0 aromatic rings. The van der Waals surface area contributed by atoms with Crippen LogP contribution in [0.15, 0.2) is 0 Å². The molecule has 0 radical (unpaired) electrons. The van der Waals surface area contributed by atoms with Gasteiger partial charge in [-0.15, -0.1) is 0 Å². The number of rotatable bonds is 3. The summed E-state index contributed by atoms with van der Waals surface area (Å²) in [6, 6.07) is 0.664. The topological polar surface area (TPSA) is 44.8 Å². The minimum Gasteiger partial charge on any atom is -0.380 e. The Balaban J connectivity index is 1.54. The smallest absolute Gasteiger partial charge is 0.223 e. The third kappa shape index (κ3) is 3.47. The maximum Gasteiger partial charge on any atom is 0.223 e. The average molecular weight is 309 g/mol. The molecule has 5 nitrogen and oxygen atoms in total. The third-order valence-electron chi connectivity index (χ3n) is 6.00. The summed E-state index contributed by atoms with van der Waals surface area (Å²) in [5.41, 5.74) is 0.360. The molecular weight excluding hydrogens is 278 g/mol. The van der Waals surface area contributed by atoms with Crippen molar-refractivity contribution < 1.29 is 9.53 Å². The summed E-state index contributed by atoms with van der Waals surface area (Å²) in [6.45, 7) is 2.59. The fraction of sp³-hybridized carbons (Fsp3) is 0.941. The second-order valence-corrected chi connectivity index (χ2v) is 7.76. The third-order valence-corrected chi connectivity index (χ3v) is 6.00. The molecule has 3 atom stereocenters. The quantitative estimate of drug-likeness (QED) is 0.847. The van der Waals surface area contributed by atoms with Crippen molar-refractivity contribution in [3.63, 3.8) is 0 Å². The van der Waals surface area contributed by atoms with E-state index in [1.54, 1.807) is 0 Å². The van der Waals surface area contributed by atoms with Crippen molar-refractivity contribution in [2.24, 2.45) is 5.92 Å². The van der Waals surface area contributed by atoms with Crippen molar-refractivity contribution >= 4 is 5.91 Å². The predicted molar refractivity (Wildman–Crippen MR) is 86.8 cm³/mol. The number of amides is 1. The Kier molecular flexibility index (Phi) is 4.76. The average Bonchev–Trinajstić information content (AvgIpc) is 3.27. The highest BCUT2D eigenvalue weighted by atomic mass is 16.5. The second-order valence-electron chi connectivity index (χ2n) is 7.76. The van der Waals surface area contributed by atoms with Crippen LogP contribution in [0.5, 0.6) is 0 Å². The molecule has 1 spiro atoms. The molecule has 0 aromatic heterocycles. The van der Waals surface area contributed by atoms with Crippen molar-refractivity contribution in [2.45, 2.75) is 56.1 Å². The largest absolute Gasteiger partial charge is 0.380 e. The molecule has 0 bridgehead atoms. The van der Waals surface area contributed by atoms with E-state index < -0.39 is 0 Å². The molecule has 126 valence electrons. The molecule has 3 aliphatic rings. The molecule has 1 saturated carbocycles. The Bertz CT molecular complexity index is 409. The first kappa shape index (κ1) is 16.2. The number of likely N-dealkylation sites (N-methyl/N-ethyl adjacent to an activating group) is 1. The highest BCUT2D eigenvalue weighted by Crippen LogP contribution is 2.49. The number of carbonyl (C=O) groups is 1. The Hall–Kier alpha value is -0.650. The zero-order chi connectivity index (χ0) is 15.7. The molecule has 3 rings (SSSR count). The summed E-state index contributed by atoms with van der Waals surface area (Å²) in [7, 11) is 6.39. The maximum atomic E-state index is 12.7. The maximum absolute atomic E-state index is 12.7. The number of hydrogen-bond donors (Lipinski definition) is 1. The lowest BCUT2D eigenvalue weighted by Crippen LogP contribution is -2.49. The van der Waals surface area contributed by atoms with Crippen LogP contribution in [0.1, 0.15) is 38.5 Å². The van der Waals surface area contributed by atoms with E-state index in [0.717, 1.165) is 45.4 Å². The minimum absolute atomic E-state index is 0.209. The fourth-order valence-electron chi connectivity index (χ4n) is 4.03. The van der Waals surface area contributed by atoms with Crippen LogP contribution in [0.4, 0.5) is 0 Å². The van der Waals surface area contributed by atoms with E-state index in [-0.39, 0.29) is 17.9 Å². The van der Waals surface area contributed by atoms with E-state index in [0.29, 0.717) is 11.6 Å². The molecule has 1 amide bonds. The van der Waals surface area contributed by atoms with E-state index in [4.69, 9.17) is 4.74 Å². The molecule has 3 fully saturated rings. The van der Waals surface area contributed by atoms with E-state index >= 15 is 0 Å². The fourth-order valence-corrected chi connectivity index (χ4v) is 4.03. The first-order valence-electron chi connectivity index (χ1n) is 8.76. The van der Waals surface area contributed by atoms with Crippen molar-refractivity contribution in [1.29, 1.82) is 0 Å².